The molecule has 0 bridgehead atoms. The van der Waals surface area contributed by atoms with E-state index in [9.17, 15) is 23.3 Å². The molecular weight excluding hydrogens is 808 g/mol. The Balaban J connectivity index is 1.03. The predicted molar refractivity (Wildman–Crippen MR) is 228 cm³/mol. The Morgan fingerprint density at radius 3 is 2.65 bits per heavy atom. The molecule has 3 aliphatic rings. The van der Waals surface area contributed by atoms with Crippen LogP contribution >= 0.6 is 11.6 Å². The van der Waals surface area contributed by atoms with Gasteiger partial charge in [0.15, 0.2) is 11.4 Å². The van der Waals surface area contributed by atoms with Crippen molar-refractivity contribution >= 4 is 61.2 Å². The van der Waals surface area contributed by atoms with Crippen LogP contribution in [0.1, 0.15) is 55.5 Å². The molecule has 2 aromatic heterocycles. The Bertz CT molecular complexity index is 2670. The van der Waals surface area contributed by atoms with Crippen LogP contribution in [-0.2, 0) is 10.0 Å². The van der Waals surface area contributed by atoms with Crippen LogP contribution in [0.5, 0.6) is 17.2 Å². The zero-order chi connectivity index (χ0) is 42.2. The number of H-pyrrole nitrogens is 1. The van der Waals surface area contributed by atoms with E-state index >= 15 is 0 Å². The fourth-order valence-corrected chi connectivity index (χ4v) is 9.13. The number of hydrogen-bond acceptors (Lipinski definition) is 12. The van der Waals surface area contributed by atoms with Crippen molar-refractivity contribution in [2.24, 2.45) is 5.41 Å². The van der Waals surface area contributed by atoms with Crippen molar-refractivity contribution in [3.8, 4) is 23.3 Å². The van der Waals surface area contributed by atoms with Gasteiger partial charge in [-0.2, -0.15) is 5.26 Å². The molecule has 17 heteroatoms. The van der Waals surface area contributed by atoms with Crippen molar-refractivity contribution in [2.45, 2.75) is 50.5 Å². The van der Waals surface area contributed by atoms with Gasteiger partial charge in [-0.05, 0) is 72.2 Å². The molecule has 60 heavy (non-hydrogen) atoms. The van der Waals surface area contributed by atoms with Gasteiger partial charge in [-0.3, -0.25) is 19.8 Å². The maximum absolute atomic E-state index is 13.9. The fourth-order valence-electron chi connectivity index (χ4n) is 8.01. The van der Waals surface area contributed by atoms with Gasteiger partial charge in [-0.25, -0.2) is 18.1 Å². The number of nitrogens with one attached hydrogen (secondary N) is 3. The van der Waals surface area contributed by atoms with Crippen LogP contribution in [0.15, 0.2) is 89.6 Å². The second-order valence-corrected chi connectivity index (χ2v) is 18.2. The second-order valence-electron chi connectivity index (χ2n) is 16.1. The fraction of sp³-hybridized carbons (Fsp3) is 0.326. The number of nitro benzene ring substituents is 1. The van der Waals surface area contributed by atoms with E-state index in [2.05, 4.69) is 55.8 Å². The highest BCUT2D eigenvalue weighted by Crippen LogP contribution is 2.44. The molecule has 1 atom stereocenters. The van der Waals surface area contributed by atoms with Gasteiger partial charge in [0.1, 0.15) is 23.8 Å². The first-order valence-corrected chi connectivity index (χ1v) is 21.5. The van der Waals surface area contributed by atoms with Crippen molar-refractivity contribution in [2.75, 3.05) is 49.5 Å². The number of anilines is 2. The number of allylic oxidation sites excluding steroid dienone is 1. The third-order valence-electron chi connectivity index (χ3n) is 11.3. The molecule has 3 aromatic carbocycles. The van der Waals surface area contributed by atoms with Gasteiger partial charge in [0.25, 0.3) is 21.6 Å². The first-order valence-electron chi connectivity index (χ1n) is 19.6. The number of sulfonamides is 1. The largest absolute Gasteiger partial charge is 0.489 e. The van der Waals surface area contributed by atoms with Crippen molar-refractivity contribution in [3.63, 3.8) is 0 Å². The average Bonchev–Trinajstić information content (AvgIpc) is 3.70. The molecule has 3 N–H and O–H groups in total. The summed E-state index contributed by atoms with van der Waals surface area (Å²) in [6.45, 7) is 8.52. The van der Waals surface area contributed by atoms with E-state index in [1.54, 1.807) is 24.4 Å². The van der Waals surface area contributed by atoms with E-state index in [0.29, 0.717) is 24.5 Å². The molecule has 0 radical (unpaired) electrons. The van der Waals surface area contributed by atoms with Gasteiger partial charge in [0.2, 0.25) is 0 Å². The first-order chi connectivity index (χ1) is 28.7. The van der Waals surface area contributed by atoms with Crippen molar-refractivity contribution < 1.29 is 27.6 Å². The van der Waals surface area contributed by atoms with Gasteiger partial charge in [0.05, 0.1) is 40.1 Å². The van der Waals surface area contributed by atoms with E-state index in [1.807, 2.05) is 24.3 Å². The van der Waals surface area contributed by atoms with Gasteiger partial charge < -0.3 is 24.7 Å². The Kier molecular flexibility index (Phi) is 11.2. The molecule has 5 aromatic rings. The quantitative estimate of drug-likeness (QED) is 0.0860. The minimum absolute atomic E-state index is 0.0130. The van der Waals surface area contributed by atoms with E-state index in [0.717, 1.165) is 67.1 Å². The normalized spacial score (nSPS) is 17.9. The molecule has 15 nitrogen and oxygen atoms in total. The predicted octanol–water partition coefficient (Wildman–Crippen LogP) is 7.91. The van der Waals surface area contributed by atoms with Crippen molar-refractivity contribution in [3.05, 3.63) is 111 Å². The van der Waals surface area contributed by atoms with Gasteiger partial charge in [-0.15, -0.1) is 0 Å². The number of nitrogens with zero attached hydrogens (tertiary/aromatic N) is 5. The minimum Gasteiger partial charge on any atom is -0.489 e. The van der Waals surface area contributed by atoms with E-state index in [1.165, 1.54) is 29.0 Å². The molecule has 0 spiro atoms. The number of carbonyl (C=O) groups is 1. The summed E-state index contributed by atoms with van der Waals surface area (Å²) in [5.41, 5.74) is 5.01. The third-order valence-corrected chi connectivity index (χ3v) is 12.8. The van der Waals surface area contributed by atoms with E-state index in [4.69, 9.17) is 26.3 Å². The summed E-state index contributed by atoms with van der Waals surface area (Å²) in [4.78, 5) is 36.8. The number of nitro groups is 1. The number of fused-ring (bicyclic) bond motifs is 2. The monoisotopic (exact) mass is 850 g/mol. The lowest BCUT2D eigenvalue weighted by molar-refractivity contribution is -0.384. The number of pyridine rings is 1. The SMILES string of the molecule is CC1(C)CCC(CN2CCN(c3ccc(C(=O)NS(=O)(=O)c4cc5c(c([N+](=O)[O-])c4)N[C@@H](CC#N)CO5)c(Oc4cnc5[nH]ccc5c4)c3)CC2)=C(c2ccc(Cl)cc2)C1. The molecule has 2 aliphatic heterocycles. The number of nitriles is 1. The van der Waals surface area contributed by atoms with Crippen LogP contribution in [0.2, 0.25) is 5.02 Å². The summed E-state index contributed by atoms with van der Waals surface area (Å²) >= 11 is 6.23. The summed E-state index contributed by atoms with van der Waals surface area (Å²) < 4.78 is 41.4. The molecule has 0 unspecified atom stereocenters. The maximum Gasteiger partial charge on any atom is 0.297 e. The minimum atomic E-state index is -4.67. The summed E-state index contributed by atoms with van der Waals surface area (Å²) in [6, 6.07) is 20.1. The molecule has 0 saturated carbocycles. The number of piperazine rings is 1. The summed E-state index contributed by atoms with van der Waals surface area (Å²) in [7, 11) is -4.67. The maximum atomic E-state index is 13.9. The number of hydrogen-bond donors (Lipinski definition) is 3. The lowest BCUT2D eigenvalue weighted by atomic mass is 9.72. The highest BCUT2D eigenvalue weighted by atomic mass is 35.5. The van der Waals surface area contributed by atoms with Crippen LogP contribution in [0, 0.1) is 26.9 Å². The van der Waals surface area contributed by atoms with Crippen LogP contribution < -0.4 is 24.4 Å². The highest BCUT2D eigenvalue weighted by Gasteiger charge is 2.33. The Morgan fingerprint density at radius 2 is 1.90 bits per heavy atom. The Morgan fingerprint density at radius 1 is 1.12 bits per heavy atom. The van der Waals surface area contributed by atoms with Crippen LogP contribution in [0.25, 0.3) is 16.6 Å². The number of rotatable bonds is 11. The molecule has 1 aliphatic carbocycles. The number of halogens is 1. The number of aromatic amines is 1. The lowest BCUT2D eigenvalue weighted by Gasteiger charge is -2.39. The van der Waals surface area contributed by atoms with Crippen LogP contribution in [0.4, 0.5) is 17.1 Å². The molecule has 310 valence electrons. The molecule has 1 fully saturated rings. The zero-order valence-corrected chi connectivity index (χ0v) is 34.6. The first kappa shape index (κ1) is 40.6. The summed E-state index contributed by atoms with van der Waals surface area (Å²) in [5, 5.41) is 25.5. The topological polar surface area (TPSA) is 196 Å². The van der Waals surface area contributed by atoms with E-state index in [-0.39, 0.29) is 41.2 Å². The number of carbonyl (C=O) groups excluding carboxylic acids is 1. The number of aromatic nitrogens is 2. The van der Waals surface area contributed by atoms with Crippen LogP contribution in [-0.4, -0.2) is 79.5 Å². The average molecular weight is 851 g/mol. The van der Waals surface area contributed by atoms with Crippen molar-refractivity contribution in [1.82, 2.24) is 19.6 Å². The molecule has 1 saturated heterocycles. The summed E-state index contributed by atoms with van der Waals surface area (Å²) in [5.74, 6) is -0.680. The second kappa shape index (κ2) is 16.5. The Hall–Kier alpha value is -6.15. The van der Waals surface area contributed by atoms with Crippen molar-refractivity contribution in [1.29, 1.82) is 5.26 Å². The molecule has 4 heterocycles. The van der Waals surface area contributed by atoms with E-state index < -0.39 is 37.5 Å². The third kappa shape index (κ3) is 8.74. The molecular formula is C43H43ClN8O7S. The zero-order valence-electron chi connectivity index (χ0n) is 33.0. The number of amides is 1. The van der Waals surface area contributed by atoms with Gasteiger partial charge in [-0.1, -0.05) is 43.2 Å². The number of benzene rings is 3. The summed E-state index contributed by atoms with van der Waals surface area (Å²) in [6.07, 6.45) is 6.43. The van der Waals surface area contributed by atoms with Crippen LogP contribution in [0.3, 0.4) is 0 Å². The standard InChI is InChI=1S/C43H43ClN8O7S/c1-43(2)12-9-29(36(23-43)27-3-5-30(44)6-4-27)25-50-15-17-51(18-16-50)32-7-8-35(38(20-32)59-33-19-28-11-14-46-41(28)47-24-33)42(53)49-60(56,57)34-21-37(52(54)55)40-39(22-34)58-26-31(48-40)10-13-45/h3-8,11,14,19-22,24,31,48H,9-10,12,15-18,23,25-26H2,1-2H3,(H,46,47)(H,49,53)/t31-/m0/s1. The Labute approximate surface area is 352 Å². The molecule has 1 amide bonds. The van der Waals surface area contributed by atoms with Gasteiger partial charge in [0, 0.05) is 73.2 Å². The van der Waals surface area contributed by atoms with Gasteiger partial charge >= 0.3 is 0 Å². The molecule has 8 rings (SSSR count). The smallest absolute Gasteiger partial charge is 0.297 e. The highest BCUT2D eigenvalue weighted by molar-refractivity contribution is 7.90. The number of ether oxygens (including phenoxy) is 2. The lowest BCUT2D eigenvalue weighted by Crippen LogP contribution is -2.47.